The van der Waals surface area contributed by atoms with Crippen LogP contribution in [-0.4, -0.2) is 22.1 Å². The molecule has 0 bridgehead atoms. The number of fused-ring (bicyclic) bond motifs is 1. The molecule has 1 atom stereocenters. The van der Waals surface area contributed by atoms with Gasteiger partial charge in [-0.05, 0) is 43.9 Å². The molecule has 0 fully saturated rings. The molecule has 2 heterocycles. The minimum atomic E-state index is -0.660. The standard InChI is InChI=1S/C20H22N2O3S/c1-5-16(20(24)25-6-2)22-11-21-18-17(19(22)23)15(10-26-18)14-8-7-12(3)13(4)9-14/h7-11,16H,5-6H2,1-4H3. The third-order valence-corrected chi connectivity index (χ3v) is 5.50. The highest BCUT2D eigenvalue weighted by molar-refractivity contribution is 7.17. The summed E-state index contributed by atoms with van der Waals surface area (Å²) in [5.74, 6) is -0.402. The van der Waals surface area contributed by atoms with E-state index in [0.29, 0.717) is 16.6 Å². The lowest BCUT2D eigenvalue weighted by molar-refractivity contribution is -0.147. The molecule has 136 valence electrons. The van der Waals surface area contributed by atoms with E-state index in [1.165, 1.54) is 33.4 Å². The summed E-state index contributed by atoms with van der Waals surface area (Å²) >= 11 is 1.44. The van der Waals surface area contributed by atoms with Gasteiger partial charge in [-0.15, -0.1) is 11.3 Å². The molecule has 6 heteroatoms. The van der Waals surface area contributed by atoms with Crippen molar-refractivity contribution in [1.82, 2.24) is 9.55 Å². The zero-order valence-corrected chi connectivity index (χ0v) is 16.2. The number of nitrogens with zero attached hydrogens (tertiary/aromatic N) is 2. The van der Waals surface area contributed by atoms with Crippen molar-refractivity contribution >= 4 is 27.5 Å². The lowest BCUT2D eigenvalue weighted by Crippen LogP contribution is -2.31. The highest BCUT2D eigenvalue weighted by atomic mass is 32.1. The average Bonchev–Trinajstić information content (AvgIpc) is 3.05. The summed E-state index contributed by atoms with van der Waals surface area (Å²) in [6, 6.07) is 5.49. The second kappa shape index (κ2) is 7.41. The molecule has 0 saturated carbocycles. The van der Waals surface area contributed by atoms with Crippen molar-refractivity contribution in [2.45, 2.75) is 40.2 Å². The van der Waals surface area contributed by atoms with Gasteiger partial charge >= 0.3 is 5.97 Å². The van der Waals surface area contributed by atoms with Gasteiger partial charge < -0.3 is 4.74 Å². The molecule has 0 aliphatic heterocycles. The van der Waals surface area contributed by atoms with E-state index in [9.17, 15) is 9.59 Å². The molecule has 0 spiro atoms. The number of hydrogen-bond donors (Lipinski definition) is 0. The van der Waals surface area contributed by atoms with Crippen molar-refractivity contribution < 1.29 is 9.53 Å². The first-order valence-electron chi connectivity index (χ1n) is 8.70. The number of hydrogen-bond acceptors (Lipinski definition) is 5. The zero-order chi connectivity index (χ0) is 18.8. The van der Waals surface area contributed by atoms with E-state index in [1.54, 1.807) is 6.92 Å². The summed E-state index contributed by atoms with van der Waals surface area (Å²) in [6.07, 6.45) is 1.92. The van der Waals surface area contributed by atoms with Crippen LogP contribution in [0.3, 0.4) is 0 Å². The van der Waals surface area contributed by atoms with Crippen molar-refractivity contribution in [3.63, 3.8) is 0 Å². The normalized spacial score (nSPS) is 12.3. The van der Waals surface area contributed by atoms with E-state index >= 15 is 0 Å². The molecule has 1 unspecified atom stereocenters. The van der Waals surface area contributed by atoms with Gasteiger partial charge in [-0.25, -0.2) is 9.78 Å². The number of benzene rings is 1. The SMILES string of the molecule is CCOC(=O)C(CC)n1cnc2scc(-c3ccc(C)c(C)c3)c2c1=O. The monoisotopic (exact) mass is 370 g/mol. The third-order valence-electron chi connectivity index (χ3n) is 4.62. The second-order valence-corrected chi connectivity index (χ2v) is 7.12. The van der Waals surface area contributed by atoms with E-state index in [4.69, 9.17) is 4.74 Å². The smallest absolute Gasteiger partial charge is 0.329 e. The Labute approximate surface area is 156 Å². The minimum Gasteiger partial charge on any atom is -0.464 e. The van der Waals surface area contributed by atoms with E-state index in [1.807, 2.05) is 18.4 Å². The van der Waals surface area contributed by atoms with Crippen LogP contribution >= 0.6 is 11.3 Å². The lowest BCUT2D eigenvalue weighted by atomic mass is 10.0. The first-order valence-corrected chi connectivity index (χ1v) is 9.58. The summed E-state index contributed by atoms with van der Waals surface area (Å²) < 4.78 is 6.52. The number of ether oxygens (including phenoxy) is 1. The number of aryl methyl sites for hydroxylation is 2. The van der Waals surface area contributed by atoms with Crippen molar-refractivity contribution in [1.29, 1.82) is 0 Å². The number of thiophene rings is 1. The molecular formula is C20H22N2O3S. The third kappa shape index (κ3) is 3.17. The number of esters is 1. The van der Waals surface area contributed by atoms with Crippen LogP contribution in [0, 0.1) is 13.8 Å². The van der Waals surface area contributed by atoms with Gasteiger partial charge in [-0.2, -0.15) is 0 Å². The Hall–Kier alpha value is -2.47. The highest BCUT2D eigenvalue weighted by Gasteiger charge is 2.23. The molecule has 5 nitrogen and oxygen atoms in total. The van der Waals surface area contributed by atoms with Crippen LogP contribution in [0.4, 0.5) is 0 Å². The molecule has 3 aromatic rings. The van der Waals surface area contributed by atoms with Crippen molar-refractivity contribution in [3.8, 4) is 11.1 Å². The van der Waals surface area contributed by atoms with Crippen LogP contribution in [0.25, 0.3) is 21.3 Å². The zero-order valence-electron chi connectivity index (χ0n) is 15.4. The Kier molecular flexibility index (Phi) is 5.23. The fourth-order valence-electron chi connectivity index (χ4n) is 3.00. The molecule has 26 heavy (non-hydrogen) atoms. The van der Waals surface area contributed by atoms with Gasteiger partial charge in [-0.1, -0.05) is 25.1 Å². The number of carbonyl (C=O) groups is 1. The fourth-order valence-corrected chi connectivity index (χ4v) is 3.91. The highest BCUT2D eigenvalue weighted by Crippen LogP contribution is 2.32. The molecule has 0 saturated heterocycles. The van der Waals surface area contributed by atoms with Gasteiger partial charge in [-0.3, -0.25) is 9.36 Å². The summed E-state index contributed by atoms with van der Waals surface area (Å²) in [6.45, 7) is 8.01. The molecule has 1 aromatic carbocycles. The van der Waals surface area contributed by atoms with Crippen LogP contribution in [-0.2, 0) is 9.53 Å². The molecule has 0 radical (unpaired) electrons. The van der Waals surface area contributed by atoms with Crippen LogP contribution in [0.15, 0.2) is 34.7 Å². The van der Waals surface area contributed by atoms with Crippen LogP contribution in [0.1, 0.15) is 37.4 Å². The molecule has 2 aromatic heterocycles. The second-order valence-electron chi connectivity index (χ2n) is 6.26. The maximum Gasteiger partial charge on any atom is 0.329 e. The summed E-state index contributed by atoms with van der Waals surface area (Å²) in [5.41, 5.74) is 4.02. The first-order chi connectivity index (χ1) is 12.5. The van der Waals surface area contributed by atoms with E-state index in [2.05, 4.69) is 31.0 Å². The first kappa shape index (κ1) is 18.3. The average molecular weight is 370 g/mol. The quantitative estimate of drug-likeness (QED) is 0.630. The van der Waals surface area contributed by atoms with Crippen LogP contribution in [0.5, 0.6) is 0 Å². The van der Waals surface area contributed by atoms with Crippen molar-refractivity contribution in [2.24, 2.45) is 0 Å². The van der Waals surface area contributed by atoms with Gasteiger partial charge in [0.05, 0.1) is 18.3 Å². The molecule has 3 rings (SSSR count). The maximum absolute atomic E-state index is 13.2. The fraction of sp³-hybridized carbons (Fsp3) is 0.350. The Morgan fingerprint density at radius 2 is 2.04 bits per heavy atom. The minimum absolute atomic E-state index is 0.204. The molecular weight excluding hydrogens is 348 g/mol. The van der Waals surface area contributed by atoms with Crippen LogP contribution < -0.4 is 5.56 Å². The maximum atomic E-state index is 13.2. The van der Waals surface area contributed by atoms with Gasteiger partial charge in [0.1, 0.15) is 10.9 Å². The topological polar surface area (TPSA) is 61.2 Å². The van der Waals surface area contributed by atoms with Crippen LogP contribution in [0.2, 0.25) is 0 Å². The van der Waals surface area contributed by atoms with Crippen molar-refractivity contribution in [3.05, 3.63) is 51.4 Å². The molecule has 0 aliphatic rings. The number of rotatable bonds is 5. The Morgan fingerprint density at radius 1 is 1.27 bits per heavy atom. The summed E-state index contributed by atoms with van der Waals surface area (Å²) in [5, 5.41) is 2.52. The predicted molar refractivity (Wildman–Crippen MR) is 105 cm³/mol. The summed E-state index contributed by atoms with van der Waals surface area (Å²) in [7, 11) is 0. The number of aromatic nitrogens is 2. The Bertz CT molecular complexity index is 1020. The van der Waals surface area contributed by atoms with Gasteiger partial charge in [0.2, 0.25) is 0 Å². The predicted octanol–water partition coefficient (Wildman–Crippen LogP) is 4.26. The molecule has 0 aliphatic carbocycles. The molecule has 0 N–H and O–H groups in total. The Balaban J connectivity index is 2.18. The largest absolute Gasteiger partial charge is 0.464 e. The van der Waals surface area contributed by atoms with Gasteiger partial charge in [0, 0.05) is 10.9 Å². The Morgan fingerprint density at radius 3 is 2.69 bits per heavy atom. The van der Waals surface area contributed by atoms with Crippen molar-refractivity contribution in [2.75, 3.05) is 6.61 Å². The van der Waals surface area contributed by atoms with E-state index < -0.39 is 12.0 Å². The van der Waals surface area contributed by atoms with E-state index in [0.717, 1.165) is 11.1 Å². The molecule has 0 amide bonds. The van der Waals surface area contributed by atoms with Gasteiger partial charge in [0.15, 0.2) is 0 Å². The summed E-state index contributed by atoms with van der Waals surface area (Å²) in [4.78, 5) is 30.5. The lowest BCUT2D eigenvalue weighted by Gasteiger charge is -2.16. The number of carbonyl (C=O) groups excluding carboxylic acids is 1. The van der Waals surface area contributed by atoms with Gasteiger partial charge in [0.25, 0.3) is 5.56 Å². The van der Waals surface area contributed by atoms with E-state index in [-0.39, 0.29) is 12.2 Å².